The molecular formula is C16H24N2. The highest BCUT2D eigenvalue weighted by molar-refractivity contribution is 5.17. The van der Waals surface area contributed by atoms with Crippen LogP contribution in [0.1, 0.15) is 51.4 Å². The molecule has 2 heteroatoms. The van der Waals surface area contributed by atoms with E-state index < -0.39 is 0 Å². The molecule has 6 atom stereocenters. The number of rotatable bonds is 2. The van der Waals surface area contributed by atoms with Gasteiger partial charge in [0.1, 0.15) is 0 Å². The number of hydrogen-bond acceptors (Lipinski definition) is 2. The van der Waals surface area contributed by atoms with Crippen molar-refractivity contribution in [3.05, 3.63) is 0 Å². The van der Waals surface area contributed by atoms with Crippen LogP contribution >= 0.6 is 0 Å². The molecule has 0 radical (unpaired) electrons. The topological polar surface area (TPSA) is 35.8 Å². The zero-order valence-corrected chi connectivity index (χ0v) is 11.1. The number of nitrogens with zero attached hydrogens (tertiary/aromatic N) is 1. The van der Waals surface area contributed by atoms with Crippen molar-refractivity contribution >= 4 is 0 Å². The van der Waals surface area contributed by atoms with Gasteiger partial charge < -0.3 is 5.32 Å². The fourth-order valence-corrected chi connectivity index (χ4v) is 5.46. The van der Waals surface area contributed by atoms with E-state index in [4.69, 9.17) is 0 Å². The summed E-state index contributed by atoms with van der Waals surface area (Å²) in [7, 11) is 0. The zero-order valence-electron chi connectivity index (χ0n) is 11.1. The summed E-state index contributed by atoms with van der Waals surface area (Å²) in [6.45, 7) is 0. The van der Waals surface area contributed by atoms with Crippen molar-refractivity contribution in [2.75, 3.05) is 0 Å². The van der Waals surface area contributed by atoms with Gasteiger partial charge in [-0.3, -0.25) is 0 Å². The van der Waals surface area contributed by atoms with E-state index in [1.54, 1.807) is 0 Å². The maximum absolute atomic E-state index is 9.35. The SMILES string of the molecule is N#CC1CCCCCC1NC1C2C3CCC(C3)C12. The van der Waals surface area contributed by atoms with Crippen molar-refractivity contribution in [3.63, 3.8) is 0 Å². The van der Waals surface area contributed by atoms with Crippen molar-refractivity contribution in [3.8, 4) is 6.07 Å². The monoisotopic (exact) mass is 244 g/mol. The first kappa shape index (κ1) is 11.3. The van der Waals surface area contributed by atoms with Crippen LogP contribution in [0, 0.1) is 40.9 Å². The minimum absolute atomic E-state index is 0.284. The molecule has 0 saturated heterocycles. The number of fused-ring (bicyclic) bond motifs is 5. The molecule has 4 aliphatic carbocycles. The molecule has 1 N–H and O–H groups in total. The second kappa shape index (κ2) is 4.23. The van der Waals surface area contributed by atoms with Gasteiger partial charge in [-0.05, 0) is 55.8 Å². The lowest BCUT2D eigenvalue weighted by Gasteiger charge is -2.23. The number of nitriles is 1. The Labute approximate surface area is 110 Å². The zero-order chi connectivity index (χ0) is 12.1. The van der Waals surface area contributed by atoms with Crippen LogP contribution in [0.15, 0.2) is 0 Å². The summed E-state index contributed by atoms with van der Waals surface area (Å²) >= 11 is 0. The molecule has 4 saturated carbocycles. The molecule has 2 nitrogen and oxygen atoms in total. The smallest absolute Gasteiger partial charge is 0.0672 e. The van der Waals surface area contributed by atoms with Crippen molar-refractivity contribution in [2.45, 2.75) is 63.5 Å². The summed E-state index contributed by atoms with van der Waals surface area (Å²) in [4.78, 5) is 0. The van der Waals surface area contributed by atoms with E-state index >= 15 is 0 Å². The van der Waals surface area contributed by atoms with E-state index in [-0.39, 0.29) is 5.92 Å². The molecule has 4 fully saturated rings. The number of hydrogen-bond donors (Lipinski definition) is 1. The fourth-order valence-electron chi connectivity index (χ4n) is 5.46. The van der Waals surface area contributed by atoms with Crippen LogP contribution in [-0.2, 0) is 0 Å². The van der Waals surface area contributed by atoms with Crippen LogP contribution in [0.2, 0.25) is 0 Å². The average Bonchev–Trinajstić information content (AvgIpc) is 2.85. The molecule has 2 bridgehead atoms. The van der Waals surface area contributed by atoms with E-state index in [9.17, 15) is 5.26 Å². The molecular weight excluding hydrogens is 220 g/mol. The van der Waals surface area contributed by atoms with Crippen LogP contribution in [0.4, 0.5) is 0 Å². The van der Waals surface area contributed by atoms with Gasteiger partial charge >= 0.3 is 0 Å². The Kier molecular flexibility index (Phi) is 2.66. The van der Waals surface area contributed by atoms with Crippen LogP contribution < -0.4 is 5.32 Å². The molecule has 6 unspecified atom stereocenters. The molecule has 0 aromatic heterocycles. The largest absolute Gasteiger partial charge is 0.309 e. The van der Waals surface area contributed by atoms with Crippen molar-refractivity contribution in [1.29, 1.82) is 5.26 Å². The van der Waals surface area contributed by atoms with Gasteiger partial charge in [0, 0.05) is 12.1 Å². The lowest BCUT2D eigenvalue weighted by Crippen LogP contribution is -2.38. The fraction of sp³-hybridized carbons (Fsp3) is 0.938. The van der Waals surface area contributed by atoms with E-state index in [2.05, 4.69) is 11.4 Å². The van der Waals surface area contributed by atoms with Crippen molar-refractivity contribution in [1.82, 2.24) is 5.32 Å². The summed E-state index contributed by atoms with van der Waals surface area (Å²) in [5, 5.41) is 13.3. The molecule has 0 amide bonds. The quantitative estimate of drug-likeness (QED) is 0.758. The Bertz CT molecular complexity index is 356. The van der Waals surface area contributed by atoms with Gasteiger partial charge in [-0.15, -0.1) is 0 Å². The molecule has 0 aliphatic heterocycles. The Morgan fingerprint density at radius 2 is 1.61 bits per heavy atom. The predicted octanol–water partition coefficient (Wildman–Crippen LogP) is 3.09. The van der Waals surface area contributed by atoms with Gasteiger partial charge in [0.2, 0.25) is 0 Å². The lowest BCUT2D eigenvalue weighted by molar-refractivity contribution is 0.353. The average molecular weight is 244 g/mol. The molecule has 0 aromatic rings. The van der Waals surface area contributed by atoms with Gasteiger partial charge in [-0.25, -0.2) is 0 Å². The molecule has 0 aromatic carbocycles. The minimum Gasteiger partial charge on any atom is -0.309 e. The highest BCUT2D eigenvalue weighted by atomic mass is 15.1. The second-order valence-corrected chi connectivity index (χ2v) is 7.16. The highest BCUT2D eigenvalue weighted by Gasteiger charge is 2.65. The molecule has 18 heavy (non-hydrogen) atoms. The Balaban J connectivity index is 1.41. The van der Waals surface area contributed by atoms with E-state index in [0.29, 0.717) is 6.04 Å². The normalized spacial score (nSPS) is 53.6. The summed E-state index contributed by atoms with van der Waals surface area (Å²) in [5.41, 5.74) is 0. The minimum atomic E-state index is 0.284. The Morgan fingerprint density at radius 3 is 2.33 bits per heavy atom. The summed E-state index contributed by atoms with van der Waals surface area (Å²) in [5.74, 6) is 4.39. The third kappa shape index (κ3) is 1.63. The van der Waals surface area contributed by atoms with Crippen LogP contribution in [0.25, 0.3) is 0 Å². The third-order valence-corrected chi connectivity index (χ3v) is 6.32. The standard InChI is InChI=1S/C16H24N2/c17-9-12-4-2-1-3-5-13(12)18-16-14-10-6-7-11(8-10)15(14)16/h10-16,18H,1-8H2. The maximum atomic E-state index is 9.35. The van der Waals surface area contributed by atoms with E-state index in [0.717, 1.165) is 36.1 Å². The van der Waals surface area contributed by atoms with E-state index in [1.165, 1.54) is 44.9 Å². The second-order valence-electron chi connectivity index (χ2n) is 7.16. The van der Waals surface area contributed by atoms with Gasteiger partial charge in [-0.1, -0.05) is 19.3 Å². The Hall–Kier alpha value is -0.550. The van der Waals surface area contributed by atoms with Crippen molar-refractivity contribution < 1.29 is 0 Å². The summed E-state index contributed by atoms with van der Waals surface area (Å²) in [6, 6.07) is 3.88. The van der Waals surface area contributed by atoms with E-state index in [1.807, 2.05) is 0 Å². The first-order valence-corrected chi connectivity index (χ1v) is 8.04. The predicted molar refractivity (Wildman–Crippen MR) is 70.7 cm³/mol. The summed E-state index contributed by atoms with van der Waals surface area (Å²) < 4.78 is 0. The van der Waals surface area contributed by atoms with Gasteiger partial charge in [-0.2, -0.15) is 5.26 Å². The van der Waals surface area contributed by atoms with Gasteiger partial charge in [0.25, 0.3) is 0 Å². The maximum Gasteiger partial charge on any atom is 0.0672 e. The van der Waals surface area contributed by atoms with Gasteiger partial charge in [0.15, 0.2) is 0 Å². The molecule has 98 valence electrons. The molecule has 0 heterocycles. The highest BCUT2D eigenvalue weighted by Crippen LogP contribution is 2.65. The molecule has 0 spiro atoms. The third-order valence-electron chi connectivity index (χ3n) is 6.32. The Morgan fingerprint density at radius 1 is 0.889 bits per heavy atom. The first-order chi connectivity index (χ1) is 8.88. The molecule has 4 rings (SSSR count). The number of nitrogens with one attached hydrogen (secondary N) is 1. The van der Waals surface area contributed by atoms with Crippen LogP contribution in [-0.4, -0.2) is 12.1 Å². The van der Waals surface area contributed by atoms with Crippen LogP contribution in [0.5, 0.6) is 0 Å². The van der Waals surface area contributed by atoms with Gasteiger partial charge in [0.05, 0.1) is 12.0 Å². The lowest BCUT2D eigenvalue weighted by atomic mass is 9.95. The summed E-state index contributed by atoms with van der Waals surface area (Å²) in [6.07, 6.45) is 10.8. The van der Waals surface area contributed by atoms with Crippen LogP contribution in [0.3, 0.4) is 0 Å². The first-order valence-electron chi connectivity index (χ1n) is 8.04. The van der Waals surface area contributed by atoms with Crippen molar-refractivity contribution in [2.24, 2.45) is 29.6 Å². The molecule has 4 aliphatic rings.